The zero-order valence-corrected chi connectivity index (χ0v) is 33.6. The van der Waals surface area contributed by atoms with E-state index in [9.17, 15) is 28.8 Å². The Balaban J connectivity index is 1.54. The minimum atomic E-state index is -4.37. The largest absolute Gasteiger partial charge is 0.447 e. The van der Waals surface area contributed by atoms with Gasteiger partial charge in [-0.25, -0.2) is 0 Å². The molecule has 1 heterocycles. The van der Waals surface area contributed by atoms with Gasteiger partial charge in [-0.1, -0.05) is 72.8 Å². The average Bonchev–Trinajstić information content (AvgIpc) is 3.29. The van der Waals surface area contributed by atoms with Gasteiger partial charge in [0.1, 0.15) is 72.2 Å². The zero-order chi connectivity index (χ0) is 41.9. The van der Waals surface area contributed by atoms with Crippen LogP contribution >= 0.6 is 24.6 Å². The summed E-state index contributed by atoms with van der Waals surface area (Å²) >= 11 is 0. The van der Waals surface area contributed by atoms with Gasteiger partial charge in [0.25, 0.3) is 0 Å². The van der Waals surface area contributed by atoms with E-state index in [4.69, 9.17) is 32.3 Å². The molecule has 300 valence electrons. The van der Waals surface area contributed by atoms with E-state index in [-0.39, 0.29) is 67.9 Å². The lowest BCUT2D eigenvalue weighted by Gasteiger charge is -2.43. The standard InChI is InChI=1S/C42H30N3O12P3/c46-25-31-7-1-13-37(19-31)52-44-58(54-39-15-3-9-33(21-39)27-48)43-60(56-41-17-5-11-35(23-41)29-50,57-42-18-6-12-36(24-42)30-51)45(53-38-14-2-8-32(20-38)26-47)59(44)55-40-16-4-10-34(22-40)28-49/h1-30H. The van der Waals surface area contributed by atoms with E-state index in [0.29, 0.717) is 37.7 Å². The molecule has 0 spiro atoms. The fourth-order valence-electron chi connectivity index (χ4n) is 5.32. The monoisotopic (exact) mass is 861 g/mol. The normalized spacial score (nSPS) is 15.9. The van der Waals surface area contributed by atoms with Crippen LogP contribution in [-0.2, 0) is 0 Å². The Morgan fingerprint density at radius 2 is 0.750 bits per heavy atom. The summed E-state index contributed by atoms with van der Waals surface area (Å²) in [6.45, 7) is 0. The molecular formula is C42H30N3O12P3. The molecule has 0 bridgehead atoms. The van der Waals surface area contributed by atoms with Crippen molar-refractivity contribution >= 4 is 62.3 Å². The van der Waals surface area contributed by atoms with E-state index in [1.165, 1.54) is 45.6 Å². The molecule has 2 atom stereocenters. The topological polar surface area (TPSA) is 177 Å². The van der Waals surface area contributed by atoms with Crippen LogP contribution in [0.1, 0.15) is 62.1 Å². The van der Waals surface area contributed by atoms with Crippen molar-refractivity contribution in [3.8, 4) is 34.5 Å². The van der Waals surface area contributed by atoms with Crippen LogP contribution in [-0.4, -0.2) is 46.9 Å². The fourth-order valence-corrected chi connectivity index (χ4v) is 12.8. The Bertz CT molecular complexity index is 2570. The maximum Gasteiger partial charge on any atom is 0.447 e. The predicted molar refractivity (Wildman–Crippen MR) is 222 cm³/mol. The lowest BCUT2D eigenvalue weighted by molar-refractivity contribution is 0.0544. The second kappa shape index (κ2) is 19.3. The molecule has 0 aromatic heterocycles. The van der Waals surface area contributed by atoms with E-state index in [1.54, 1.807) is 109 Å². The molecule has 6 aromatic carbocycles. The Morgan fingerprint density at radius 1 is 0.417 bits per heavy atom. The molecule has 0 radical (unpaired) electrons. The number of hydrogen-bond acceptors (Lipinski definition) is 15. The maximum atomic E-state index is 12.0. The Kier molecular flexibility index (Phi) is 13.3. The molecule has 0 fully saturated rings. The van der Waals surface area contributed by atoms with Crippen LogP contribution in [0.5, 0.6) is 34.5 Å². The van der Waals surface area contributed by atoms with Crippen LogP contribution in [0, 0.1) is 0 Å². The van der Waals surface area contributed by atoms with Crippen LogP contribution in [0.15, 0.2) is 150 Å². The van der Waals surface area contributed by atoms with Gasteiger partial charge in [0, 0.05) is 42.6 Å². The molecule has 18 heteroatoms. The molecule has 0 amide bonds. The Labute approximate surface area is 345 Å². The van der Waals surface area contributed by atoms with Crippen molar-refractivity contribution in [3.63, 3.8) is 0 Å². The van der Waals surface area contributed by atoms with Gasteiger partial charge >= 0.3 is 24.6 Å². The summed E-state index contributed by atoms with van der Waals surface area (Å²) in [6.07, 6.45) is 3.78. The minimum absolute atomic E-state index is 0.0844. The van der Waals surface area contributed by atoms with Gasteiger partial charge in [-0.15, -0.1) is 4.52 Å². The molecular weight excluding hydrogens is 831 g/mol. The number of aldehydes is 6. The third-order valence-electron chi connectivity index (χ3n) is 8.01. The summed E-state index contributed by atoms with van der Waals surface area (Å²) in [5.74, 6) is 0.698. The van der Waals surface area contributed by atoms with Crippen LogP contribution in [0.25, 0.3) is 0 Å². The van der Waals surface area contributed by atoms with Crippen molar-refractivity contribution in [1.29, 1.82) is 0 Å². The van der Waals surface area contributed by atoms with Crippen molar-refractivity contribution < 1.29 is 56.5 Å². The number of carbonyl (C=O) groups is 6. The number of hydrogen-bond donors (Lipinski definition) is 0. The van der Waals surface area contributed by atoms with E-state index >= 15 is 0 Å². The van der Waals surface area contributed by atoms with E-state index in [1.807, 2.05) is 0 Å². The lowest BCUT2D eigenvalue weighted by Crippen LogP contribution is -2.37. The maximum absolute atomic E-state index is 12.0. The van der Waals surface area contributed by atoms with Gasteiger partial charge in [-0.3, -0.25) is 28.8 Å². The summed E-state index contributed by atoms with van der Waals surface area (Å²) in [6, 6.07) is 37.1. The highest BCUT2D eigenvalue weighted by Gasteiger charge is 2.58. The molecule has 0 saturated carbocycles. The third-order valence-corrected chi connectivity index (χ3v) is 14.9. The molecule has 2 unspecified atom stereocenters. The van der Waals surface area contributed by atoms with E-state index in [2.05, 4.69) is 0 Å². The number of rotatable bonds is 18. The average molecular weight is 862 g/mol. The molecule has 6 aromatic rings. The van der Waals surface area contributed by atoms with E-state index in [0.717, 1.165) is 0 Å². The Hall–Kier alpha value is -6.85. The third kappa shape index (κ3) is 9.87. The zero-order valence-electron chi connectivity index (χ0n) is 30.9. The van der Waals surface area contributed by atoms with Crippen LogP contribution in [0.4, 0.5) is 0 Å². The van der Waals surface area contributed by atoms with Crippen LogP contribution in [0.2, 0.25) is 0 Å². The second-order valence-electron chi connectivity index (χ2n) is 12.3. The van der Waals surface area contributed by atoms with Crippen LogP contribution in [0.3, 0.4) is 0 Å². The van der Waals surface area contributed by atoms with Crippen molar-refractivity contribution in [2.45, 2.75) is 0 Å². The lowest BCUT2D eigenvalue weighted by atomic mass is 10.2. The van der Waals surface area contributed by atoms with Gasteiger partial charge in [-0.2, -0.15) is 0 Å². The summed E-state index contributed by atoms with van der Waals surface area (Å²) in [5.41, 5.74) is 1.53. The first-order valence-corrected chi connectivity index (χ1v) is 21.5. The van der Waals surface area contributed by atoms with Crippen molar-refractivity contribution in [3.05, 3.63) is 179 Å². The fraction of sp³-hybridized carbons (Fsp3) is 0. The number of benzene rings is 6. The van der Waals surface area contributed by atoms with Gasteiger partial charge < -0.3 is 27.8 Å². The predicted octanol–water partition coefficient (Wildman–Crippen LogP) is 10.2. The molecule has 7 rings (SSSR count). The molecule has 1 aliphatic rings. The van der Waals surface area contributed by atoms with Crippen molar-refractivity contribution in [2.75, 3.05) is 0 Å². The SMILES string of the molecule is O=Cc1cccc(ON2P(Oc3cccc(C=O)c3)N=P(Oc3cccc(C=O)c3)(Oc3cccc(C=O)c3)N(Oc3cccc(C=O)c3)P2Oc2cccc(C=O)c2)c1. The second-order valence-corrected chi connectivity index (χ2v) is 17.8. The smallest absolute Gasteiger partial charge is 0.440 e. The molecule has 1 aliphatic heterocycles. The summed E-state index contributed by atoms with van der Waals surface area (Å²) < 4.78 is 34.5. The van der Waals surface area contributed by atoms with E-state index < -0.39 is 24.6 Å². The van der Waals surface area contributed by atoms with Gasteiger partial charge in [0.2, 0.25) is 0 Å². The summed E-state index contributed by atoms with van der Waals surface area (Å²) in [5, 5.41) is 0. The highest BCUT2D eigenvalue weighted by molar-refractivity contribution is 7.78. The van der Waals surface area contributed by atoms with Gasteiger partial charge in [-0.05, 0) is 72.8 Å². The molecule has 0 saturated heterocycles. The first-order valence-electron chi connectivity index (χ1n) is 17.6. The number of nitrogens with zero attached hydrogens (tertiary/aromatic N) is 3. The van der Waals surface area contributed by atoms with Crippen molar-refractivity contribution in [1.82, 2.24) is 9.21 Å². The van der Waals surface area contributed by atoms with Gasteiger partial charge in [0.15, 0.2) is 0 Å². The molecule has 0 aliphatic carbocycles. The first-order chi connectivity index (χ1) is 29.3. The van der Waals surface area contributed by atoms with Crippen LogP contribution < -0.4 is 27.8 Å². The summed E-state index contributed by atoms with van der Waals surface area (Å²) in [7, 11) is -9.63. The first kappa shape index (κ1) is 41.3. The minimum Gasteiger partial charge on any atom is -0.440 e. The quantitative estimate of drug-likeness (QED) is 0.0589. The number of carbonyl (C=O) groups excluding carboxylic acids is 6. The molecule has 15 nitrogen and oxygen atoms in total. The highest BCUT2D eigenvalue weighted by atomic mass is 31.3. The highest BCUT2D eigenvalue weighted by Crippen LogP contribution is 2.77. The van der Waals surface area contributed by atoms with Gasteiger partial charge in [0.05, 0.1) is 0 Å². The molecule has 0 N–H and O–H groups in total. The summed E-state index contributed by atoms with van der Waals surface area (Å²) in [4.78, 5) is 85.0. The Morgan fingerprint density at radius 3 is 1.17 bits per heavy atom. The van der Waals surface area contributed by atoms with Crippen molar-refractivity contribution in [2.24, 2.45) is 4.52 Å². The molecule has 60 heavy (non-hydrogen) atoms.